The van der Waals surface area contributed by atoms with Crippen LogP contribution in [0.5, 0.6) is 5.75 Å². The summed E-state index contributed by atoms with van der Waals surface area (Å²) in [5.41, 5.74) is 5.93. The average Bonchev–Trinajstić information content (AvgIpc) is 3.67. The Morgan fingerprint density at radius 2 is 1.90 bits per heavy atom. The molecule has 6 rings (SSSR count). The molecule has 2 aliphatic carbocycles. The molecule has 1 spiro atoms. The molecule has 3 fully saturated rings. The van der Waals surface area contributed by atoms with E-state index in [2.05, 4.69) is 51.0 Å². The smallest absolute Gasteiger partial charge is 0.257 e. The Labute approximate surface area is 191 Å². The van der Waals surface area contributed by atoms with Gasteiger partial charge in [0, 0.05) is 28.8 Å². The lowest BCUT2D eigenvalue weighted by Gasteiger charge is -2.35. The van der Waals surface area contributed by atoms with Gasteiger partial charge in [-0.25, -0.2) is 0 Å². The molecule has 0 radical (unpaired) electrons. The van der Waals surface area contributed by atoms with Crippen LogP contribution in [0.2, 0.25) is 0 Å². The maximum Gasteiger partial charge on any atom is 0.257 e. The molecular formula is C25H27IN2O2. The third-order valence-electron chi connectivity index (χ3n) is 7.41. The van der Waals surface area contributed by atoms with Crippen LogP contribution in [0.4, 0.5) is 11.4 Å². The van der Waals surface area contributed by atoms with Crippen LogP contribution >= 0.6 is 22.6 Å². The molecule has 2 aliphatic heterocycles. The van der Waals surface area contributed by atoms with Crippen molar-refractivity contribution in [1.29, 1.82) is 0 Å². The van der Waals surface area contributed by atoms with E-state index in [1.807, 2.05) is 12.1 Å². The maximum absolute atomic E-state index is 13.4. The van der Waals surface area contributed by atoms with Crippen molar-refractivity contribution in [2.75, 3.05) is 29.9 Å². The summed E-state index contributed by atoms with van der Waals surface area (Å²) in [6, 6.07) is 10.5. The molecule has 0 bridgehead atoms. The highest BCUT2D eigenvalue weighted by molar-refractivity contribution is 14.1. The summed E-state index contributed by atoms with van der Waals surface area (Å²) in [5, 5.41) is 3.21. The van der Waals surface area contributed by atoms with Crippen LogP contribution < -0.4 is 15.0 Å². The monoisotopic (exact) mass is 514 g/mol. The van der Waals surface area contributed by atoms with Gasteiger partial charge in [-0.05, 0) is 114 Å². The number of piperidine rings is 1. The Morgan fingerprint density at radius 3 is 2.63 bits per heavy atom. The molecule has 1 amide bonds. The van der Waals surface area contributed by atoms with E-state index in [-0.39, 0.29) is 5.91 Å². The van der Waals surface area contributed by atoms with Crippen molar-refractivity contribution in [3.63, 3.8) is 0 Å². The molecule has 156 valence electrons. The third-order valence-corrected chi connectivity index (χ3v) is 8.08. The zero-order valence-electron chi connectivity index (χ0n) is 17.2. The minimum absolute atomic E-state index is 0.00581. The number of hydrogen-bond donors (Lipinski definition) is 1. The quantitative estimate of drug-likeness (QED) is 0.530. The number of fused-ring (bicyclic) bond motifs is 1. The first-order chi connectivity index (χ1) is 14.6. The van der Waals surface area contributed by atoms with E-state index in [4.69, 9.17) is 4.74 Å². The number of anilines is 2. The van der Waals surface area contributed by atoms with Crippen molar-refractivity contribution >= 4 is 39.9 Å². The zero-order valence-corrected chi connectivity index (χ0v) is 19.3. The highest BCUT2D eigenvalue weighted by Crippen LogP contribution is 2.54. The van der Waals surface area contributed by atoms with E-state index in [1.54, 1.807) is 0 Å². The van der Waals surface area contributed by atoms with Crippen molar-refractivity contribution in [3.8, 4) is 5.75 Å². The molecule has 1 N–H and O–H groups in total. The molecule has 2 saturated carbocycles. The molecule has 1 saturated heterocycles. The number of amides is 1. The molecule has 4 nitrogen and oxygen atoms in total. The van der Waals surface area contributed by atoms with Crippen LogP contribution in [0.1, 0.15) is 65.9 Å². The molecular weight excluding hydrogens is 487 g/mol. The second kappa shape index (κ2) is 7.14. The molecule has 4 aliphatic rings. The second-order valence-electron chi connectivity index (χ2n) is 9.53. The van der Waals surface area contributed by atoms with Gasteiger partial charge in [-0.2, -0.15) is 0 Å². The van der Waals surface area contributed by atoms with Crippen LogP contribution in [0.15, 0.2) is 30.3 Å². The Balaban J connectivity index is 1.27. The number of hydrogen-bond acceptors (Lipinski definition) is 3. The molecule has 2 aromatic rings. The van der Waals surface area contributed by atoms with Crippen molar-refractivity contribution in [3.05, 3.63) is 50.6 Å². The first kappa shape index (κ1) is 19.0. The number of ether oxygens (including phenoxy) is 1. The normalized spacial score (nSPS) is 21.3. The summed E-state index contributed by atoms with van der Waals surface area (Å²) in [6.07, 6.45) is 8.70. The fourth-order valence-electron chi connectivity index (χ4n) is 5.16. The van der Waals surface area contributed by atoms with Crippen molar-refractivity contribution in [2.45, 2.75) is 50.9 Å². The number of nitrogens with one attached hydrogen (secondary N) is 1. The topological polar surface area (TPSA) is 41.6 Å². The second-order valence-corrected chi connectivity index (χ2v) is 10.8. The van der Waals surface area contributed by atoms with Crippen molar-refractivity contribution < 1.29 is 9.53 Å². The number of halogens is 1. The van der Waals surface area contributed by atoms with Gasteiger partial charge in [-0.3, -0.25) is 4.79 Å². The van der Waals surface area contributed by atoms with E-state index in [9.17, 15) is 4.79 Å². The number of rotatable bonds is 4. The van der Waals surface area contributed by atoms with Gasteiger partial charge in [0.25, 0.3) is 5.91 Å². The number of benzene rings is 2. The largest absolute Gasteiger partial charge is 0.493 e. The predicted molar refractivity (Wildman–Crippen MR) is 128 cm³/mol. The summed E-state index contributed by atoms with van der Waals surface area (Å²) in [5.74, 6) is 1.67. The summed E-state index contributed by atoms with van der Waals surface area (Å²) in [4.78, 5) is 15.8. The Hall–Kier alpha value is -1.76. The number of carbonyl (C=O) groups is 1. The molecule has 0 aromatic heterocycles. The summed E-state index contributed by atoms with van der Waals surface area (Å²) in [6.45, 7) is 2.87. The lowest BCUT2D eigenvalue weighted by molar-refractivity contribution is 0.102. The van der Waals surface area contributed by atoms with Gasteiger partial charge in [0.1, 0.15) is 5.75 Å². The van der Waals surface area contributed by atoms with E-state index in [1.165, 1.54) is 53.2 Å². The third kappa shape index (κ3) is 3.49. The predicted octanol–water partition coefficient (Wildman–Crippen LogP) is 5.74. The fourth-order valence-corrected chi connectivity index (χ4v) is 5.64. The van der Waals surface area contributed by atoms with Gasteiger partial charge in [-0.1, -0.05) is 0 Å². The van der Waals surface area contributed by atoms with Gasteiger partial charge in [-0.15, -0.1) is 0 Å². The molecule has 0 unspecified atom stereocenters. The first-order valence-electron chi connectivity index (χ1n) is 11.3. The van der Waals surface area contributed by atoms with Crippen LogP contribution in [0, 0.1) is 8.99 Å². The SMILES string of the molecule is O=C(Nc1cc2c(c(C3CC3)c1)OCC2)c1ccc(I)cc1N1CCC2(CC1)CC2. The summed E-state index contributed by atoms with van der Waals surface area (Å²) >= 11 is 2.35. The number of nitrogens with zero attached hydrogens (tertiary/aromatic N) is 1. The Kier molecular flexibility index (Phi) is 4.52. The fraction of sp³-hybridized carbons (Fsp3) is 0.480. The maximum atomic E-state index is 13.4. The lowest BCUT2D eigenvalue weighted by atomic mass is 9.93. The number of carbonyl (C=O) groups excluding carboxylic acids is 1. The Bertz CT molecular complexity index is 1020. The van der Waals surface area contributed by atoms with E-state index in [0.29, 0.717) is 11.3 Å². The van der Waals surface area contributed by atoms with E-state index in [0.717, 1.165) is 48.8 Å². The first-order valence-corrected chi connectivity index (χ1v) is 12.3. The lowest BCUT2D eigenvalue weighted by Crippen LogP contribution is -2.35. The average molecular weight is 514 g/mol. The van der Waals surface area contributed by atoms with Crippen molar-refractivity contribution in [2.24, 2.45) is 5.41 Å². The van der Waals surface area contributed by atoms with Gasteiger partial charge in [0.2, 0.25) is 0 Å². The molecule has 5 heteroatoms. The summed E-state index contributed by atoms with van der Waals surface area (Å²) in [7, 11) is 0. The minimum atomic E-state index is -0.00581. The van der Waals surface area contributed by atoms with Gasteiger partial charge >= 0.3 is 0 Å². The van der Waals surface area contributed by atoms with Crippen LogP contribution in [-0.4, -0.2) is 25.6 Å². The van der Waals surface area contributed by atoms with Crippen LogP contribution in [-0.2, 0) is 6.42 Å². The van der Waals surface area contributed by atoms with Crippen LogP contribution in [0.3, 0.4) is 0 Å². The Morgan fingerprint density at radius 1 is 1.10 bits per heavy atom. The highest BCUT2D eigenvalue weighted by atomic mass is 127. The zero-order chi connectivity index (χ0) is 20.3. The molecule has 0 atom stereocenters. The molecule has 2 aromatic carbocycles. The highest BCUT2D eigenvalue weighted by Gasteiger charge is 2.44. The van der Waals surface area contributed by atoms with E-state index >= 15 is 0 Å². The van der Waals surface area contributed by atoms with Gasteiger partial charge < -0.3 is 15.0 Å². The van der Waals surface area contributed by atoms with E-state index < -0.39 is 0 Å². The molecule has 30 heavy (non-hydrogen) atoms. The van der Waals surface area contributed by atoms with Gasteiger partial charge in [0.05, 0.1) is 17.9 Å². The standard InChI is InChI=1S/C25H27IN2O2/c26-18-3-4-20(22(14-18)28-10-8-25(6-7-25)9-11-28)24(29)27-19-13-17-5-12-30-23(17)21(15-19)16-1-2-16/h3-4,13-16H,1-2,5-12H2,(H,27,29). The van der Waals surface area contributed by atoms with Crippen LogP contribution in [0.25, 0.3) is 0 Å². The summed E-state index contributed by atoms with van der Waals surface area (Å²) < 4.78 is 7.07. The minimum Gasteiger partial charge on any atom is -0.493 e. The molecule has 2 heterocycles. The van der Waals surface area contributed by atoms with Gasteiger partial charge in [0.15, 0.2) is 0 Å². The van der Waals surface area contributed by atoms with Crippen molar-refractivity contribution in [1.82, 2.24) is 0 Å².